The van der Waals surface area contributed by atoms with Crippen LogP contribution in [0.4, 0.5) is 0 Å². The molecule has 0 aromatic carbocycles. The normalized spacial score (nSPS) is 51.5. The fraction of sp³-hybridized carbons (Fsp3) is 0.951. The van der Waals surface area contributed by atoms with Gasteiger partial charge in [-0.3, -0.25) is 0 Å². The maximum Gasteiger partial charge on any atom is 0.161 e. The maximum atomic E-state index is 12.0. The molecule has 4 aliphatic carbocycles. The highest BCUT2D eigenvalue weighted by atomic mass is 16.7. The Morgan fingerprint density at radius 1 is 0.886 bits per heavy atom. The summed E-state index contributed by atoms with van der Waals surface area (Å²) in [5.41, 5.74) is 1.84. The number of ether oxygens (including phenoxy) is 2. The number of rotatable bonds is 7. The molecule has 1 heterocycles. The highest BCUT2D eigenvalue weighted by Crippen LogP contribution is 2.77. The number of aliphatic hydroxyl groups is 1. The molecule has 5 aliphatic rings. The van der Waals surface area contributed by atoms with Crippen molar-refractivity contribution < 1.29 is 14.6 Å². The molecule has 0 spiro atoms. The first-order chi connectivity index (χ1) is 20.3. The van der Waals surface area contributed by atoms with Gasteiger partial charge >= 0.3 is 0 Å². The molecule has 44 heavy (non-hydrogen) atoms. The second-order valence-electron chi connectivity index (χ2n) is 19.1. The summed E-state index contributed by atoms with van der Waals surface area (Å²) in [4.78, 5) is 0. The van der Waals surface area contributed by atoms with Gasteiger partial charge < -0.3 is 14.6 Å². The second-order valence-corrected chi connectivity index (χ2v) is 19.1. The maximum absolute atomic E-state index is 12.0. The Balaban J connectivity index is 1.37. The van der Waals surface area contributed by atoms with Crippen LogP contribution in [0.1, 0.15) is 154 Å². The molecule has 8 unspecified atom stereocenters. The van der Waals surface area contributed by atoms with E-state index in [9.17, 15) is 5.11 Å². The van der Waals surface area contributed by atoms with Crippen molar-refractivity contribution in [2.75, 3.05) is 0 Å². The molecule has 254 valence electrons. The molecule has 0 aromatic heterocycles. The van der Waals surface area contributed by atoms with Crippen molar-refractivity contribution in [2.24, 2.45) is 69.0 Å². The summed E-state index contributed by atoms with van der Waals surface area (Å²) in [6, 6.07) is 0. The van der Waals surface area contributed by atoms with Gasteiger partial charge in [0.2, 0.25) is 0 Å². The highest BCUT2D eigenvalue weighted by molar-refractivity contribution is 5.19. The van der Waals surface area contributed by atoms with E-state index in [0.717, 1.165) is 31.6 Å². The van der Waals surface area contributed by atoms with Crippen LogP contribution in [0.2, 0.25) is 0 Å². The van der Waals surface area contributed by atoms with E-state index in [0.29, 0.717) is 63.8 Å². The summed E-state index contributed by atoms with van der Waals surface area (Å²) < 4.78 is 13.8. The van der Waals surface area contributed by atoms with Gasteiger partial charge in [0, 0.05) is 5.92 Å². The number of hydrogen-bond acceptors (Lipinski definition) is 3. The van der Waals surface area contributed by atoms with Crippen LogP contribution in [0, 0.1) is 69.0 Å². The molecule has 0 aromatic rings. The van der Waals surface area contributed by atoms with E-state index < -0.39 is 5.60 Å². The van der Waals surface area contributed by atoms with Gasteiger partial charge in [-0.05, 0) is 148 Å². The fourth-order valence-corrected chi connectivity index (χ4v) is 13.2. The zero-order valence-corrected chi connectivity index (χ0v) is 31.3. The predicted octanol–water partition coefficient (Wildman–Crippen LogP) is 10.8. The molecule has 1 aliphatic heterocycles. The lowest BCUT2D eigenvalue weighted by Gasteiger charge is -2.71. The van der Waals surface area contributed by atoms with Gasteiger partial charge in [-0.1, -0.05) is 80.9 Å². The van der Waals surface area contributed by atoms with Crippen molar-refractivity contribution in [1.29, 1.82) is 0 Å². The Bertz CT molecular complexity index is 1050. The minimum Gasteiger partial charge on any atom is -0.390 e. The van der Waals surface area contributed by atoms with Gasteiger partial charge in [0.1, 0.15) is 0 Å². The summed E-state index contributed by atoms with van der Waals surface area (Å²) >= 11 is 0. The molecule has 4 saturated carbocycles. The monoisotopic (exact) mass is 613 g/mol. The number of hydrogen-bond donors (Lipinski definition) is 1. The van der Waals surface area contributed by atoms with Crippen LogP contribution in [0.25, 0.3) is 0 Å². The SMILES string of the molecule is CCC1O[C@@H](OC2CC[C@@]3(C)C(CC[C@]4(C)C3CC(C)C3C([C@@](C)(O)CCC=C(C)C)CC[C@]34C)C2(C)C)C(C)[C@@H](C)[C@@H]1C. The molecule has 0 radical (unpaired) electrons. The van der Waals surface area contributed by atoms with E-state index in [2.05, 4.69) is 96.1 Å². The smallest absolute Gasteiger partial charge is 0.161 e. The molecule has 15 atom stereocenters. The van der Waals surface area contributed by atoms with Gasteiger partial charge in [0.05, 0.1) is 17.8 Å². The Morgan fingerprint density at radius 2 is 1.55 bits per heavy atom. The van der Waals surface area contributed by atoms with Crippen molar-refractivity contribution in [3.05, 3.63) is 11.6 Å². The van der Waals surface area contributed by atoms with Gasteiger partial charge in [-0.2, -0.15) is 0 Å². The van der Waals surface area contributed by atoms with Gasteiger partial charge in [0.15, 0.2) is 6.29 Å². The average Bonchev–Trinajstić information content (AvgIpc) is 3.32. The van der Waals surface area contributed by atoms with E-state index in [4.69, 9.17) is 9.47 Å². The second kappa shape index (κ2) is 11.9. The Labute approximate surface area is 273 Å². The van der Waals surface area contributed by atoms with E-state index in [1.807, 2.05) is 0 Å². The first-order valence-corrected chi connectivity index (χ1v) is 19.0. The number of fused-ring (bicyclic) bond motifs is 5. The Kier molecular flexibility index (Phi) is 9.48. The largest absolute Gasteiger partial charge is 0.390 e. The molecule has 0 amide bonds. The topological polar surface area (TPSA) is 38.7 Å². The third-order valence-corrected chi connectivity index (χ3v) is 16.3. The summed E-state index contributed by atoms with van der Waals surface area (Å²) in [7, 11) is 0. The first-order valence-electron chi connectivity index (χ1n) is 19.0. The molecule has 3 heteroatoms. The van der Waals surface area contributed by atoms with Crippen molar-refractivity contribution in [3.8, 4) is 0 Å². The first kappa shape index (κ1) is 34.9. The van der Waals surface area contributed by atoms with Crippen LogP contribution in [0.15, 0.2) is 11.6 Å². The van der Waals surface area contributed by atoms with Crippen molar-refractivity contribution in [3.63, 3.8) is 0 Å². The zero-order chi connectivity index (χ0) is 32.6. The van der Waals surface area contributed by atoms with E-state index in [1.54, 1.807) is 0 Å². The molecule has 3 nitrogen and oxygen atoms in total. The minimum atomic E-state index is -0.589. The van der Waals surface area contributed by atoms with E-state index in [-0.39, 0.29) is 17.8 Å². The molecular formula is C41H72O3. The zero-order valence-electron chi connectivity index (χ0n) is 31.3. The third kappa shape index (κ3) is 5.32. The van der Waals surface area contributed by atoms with Gasteiger partial charge in [0.25, 0.3) is 0 Å². The lowest BCUT2D eigenvalue weighted by molar-refractivity contribution is -0.301. The van der Waals surface area contributed by atoms with Crippen LogP contribution in [0.3, 0.4) is 0 Å². The molecule has 1 N–H and O–H groups in total. The summed E-state index contributed by atoms with van der Waals surface area (Å²) in [6.07, 6.45) is 14.6. The van der Waals surface area contributed by atoms with E-state index >= 15 is 0 Å². The van der Waals surface area contributed by atoms with Crippen molar-refractivity contribution >= 4 is 0 Å². The molecule has 5 rings (SSSR count). The fourth-order valence-electron chi connectivity index (χ4n) is 13.2. The third-order valence-electron chi connectivity index (χ3n) is 16.3. The Morgan fingerprint density at radius 3 is 2.18 bits per heavy atom. The van der Waals surface area contributed by atoms with Crippen molar-refractivity contribution in [2.45, 2.75) is 178 Å². The standard InChI is InChI=1S/C41H72O3/c1-14-31-28(6)27(5)29(7)36(43-31)44-34-19-21-38(10)32(37(34,8)9)18-23-39(11)33(38)24-26(4)35-30(17-22-40(35,39)12)41(13,42)20-15-16-25(2)3/h16,26-36,42H,14-15,17-24H2,1-13H3/t26?,27-,28-,29?,30?,31?,32?,33?,34?,35?,36-,38-,39+,40+,41-/m0/s1. The van der Waals surface area contributed by atoms with Crippen LogP contribution in [0.5, 0.6) is 0 Å². The molecule has 0 bridgehead atoms. The Hall–Kier alpha value is -0.380. The number of allylic oxidation sites excluding steroid dienone is 2. The average molecular weight is 613 g/mol. The van der Waals surface area contributed by atoms with Crippen molar-refractivity contribution in [1.82, 2.24) is 0 Å². The van der Waals surface area contributed by atoms with Gasteiger partial charge in [-0.15, -0.1) is 0 Å². The summed E-state index contributed by atoms with van der Waals surface area (Å²) in [5, 5.41) is 12.0. The van der Waals surface area contributed by atoms with Crippen LogP contribution < -0.4 is 0 Å². The van der Waals surface area contributed by atoms with Crippen LogP contribution >= 0.6 is 0 Å². The highest BCUT2D eigenvalue weighted by Gasteiger charge is 2.71. The van der Waals surface area contributed by atoms with Crippen LogP contribution in [-0.2, 0) is 9.47 Å². The summed E-state index contributed by atoms with van der Waals surface area (Å²) in [6.45, 7) is 31.7. The molecule has 1 saturated heterocycles. The van der Waals surface area contributed by atoms with E-state index in [1.165, 1.54) is 44.1 Å². The quantitative estimate of drug-likeness (QED) is 0.230. The van der Waals surface area contributed by atoms with Crippen LogP contribution in [-0.4, -0.2) is 29.2 Å². The molecular weight excluding hydrogens is 540 g/mol. The predicted molar refractivity (Wildman–Crippen MR) is 184 cm³/mol. The lowest BCUT2D eigenvalue weighted by atomic mass is 9.34. The molecule has 5 fully saturated rings. The lowest BCUT2D eigenvalue weighted by Crippen LogP contribution is -2.66. The van der Waals surface area contributed by atoms with Gasteiger partial charge in [-0.25, -0.2) is 0 Å². The summed E-state index contributed by atoms with van der Waals surface area (Å²) in [5.74, 6) is 4.70. The minimum absolute atomic E-state index is 0.0806.